The second-order valence-corrected chi connectivity index (χ2v) is 9.15. The Kier molecular flexibility index (Phi) is 4.29. The van der Waals surface area contributed by atoms with Crippen LogP contribution in [0.3, 0.4) is 0 Å². The molecule has 0 aromatic carbocycles. The van der Waals surface area contributed by atoms with Gasteiger partial charge in [-0.25, -0.2) is 4.98 Å². The Hall–Kier alpha value is -2.18. The monoisotopic (exact) mass is 382 g/mol. The minimum atomic E-state index is 0.189. The van der Waals surface area contributed by atoms with Crippen LogP contribution in [0.1, 0.15) is 79.8 Å². The number of nitrogens with zero attached hydrogens (tertiary/aromatic N) is 5. The quantitative estimate of drug-likeness (QED) is 0.862. The maximum absolute atomic E-state index is 13.0. The van der Waals surface area contributed by atoms with E-state index in [0.29, 0.717) is 24.8 Å². The van der Waals surface area contributed by atoms with Gasteiger partial charge >= 0.3 is 0 Å². The van der Waals surface area contributed by atoms with Gasteiger partial charge in [-0.05, 0) is 51.0 Å². The predicted molar refractivity (Wildman–Crippen MR) is 105 cm³/mol. The average Bonchev–Trinajstić information content (AvgIpc) is 3.05. The topological polar surface area (TPSA) is 79.7 Å². The number of aromatic nitrogens is 5. The summed E-state index contributed by atoms with van der Waals surface area (Å²) in [6, 6.07) is 2.06. The van der Waals surface area contributed by atoms with E-state index >= 15 is 0 Å². The SMILES string of the molecule is Cc1cc(C)n(CCC(=O)N2CC(c3nc(C4CC4)n[nH]3)C3(CCCC3)C2)n1. The highest BCUT2D eigenvalue weighted by molar-refractivity contribution is 5.76. The molecule has 0 radical (unpaired) electrons. The third-order valence-corrected chi connectivity index (χ3v) is 7.03. The van der Waals surface area contributed by atoms with Crippen LogP contribution in [0.2, 0.25) is 0 Å². The van der Waals surface area contributed by atoms with Crippen LogP contribution in [-0.4, -0.2) is 48.9 Å². The van der Waals surface area contributed by atoms with E-state index in [2.05, 4.69) is 26.3 Å². The summed E-state index contributed by atoms with van der Waals surface area (Å²) in [6.45, 7) is 6.34. The Bertz CT molecular complexity index is 873. The Morgan fingerprint density at radius 1 is 1.29 bits per heavy atom. The predicted octanol–water partition coefficient (Wildman–Crippen LogP) is 3.07. The molecule has 1 spiro atoms. The average molecular weight is 383 g/mol. The smallest absolute Gasteiger partial charge is 0.224 e. The molecule has 1 aliphatic heterocycles. The molecule has 0 bridgehead atoms. The summed E-state index contributed by atoms with van der Waals surface area (Å²) in [5.41, 5.74) is 2.31. The number of hydrogen-bond donors (Lipinski definition) is 1. The van der Waals surface area contributed by atoms with Gasteiger partial charge in [0.1, 0.15) is 5.82 Å². The molecule has 1 N–H and O–H groups in total. The van der Waals surface area contributed by atoms with Crippen molar-refractivity contribution in [3.63, 3.8) is 0 Å². The van der Waals surface area contributed by atoms with Crippen LogP contribution in [0, 0.1) is 19.3 Å². The maximum atomic E-state index is 13.0. The molecule has 150 valence electrons. The lowest BCUT2D eigenvalue weighted by Gasteiger charge is -2.28. The fourth-order valence-corrected chi connectivity index (χ4v) is 5.35. The summed E-state index contributed by atoms with van der Waals surface area (Å²) in [6.07, 6.45) is 7.83. The van der Waals surface area contributed by atoms with Crippen molar-refractivity contribution in [2.45, 2.75) is 77.2 Å². The molecule has 2 aliphatic carbocycles. The minimum absolute atomic E-state index is 0.189. The van der Waals surface area contributed by atoms with Crippen LogP contribution >= 0.6 is 0 Å². The number of carbonyl (C=O) groups excluding carboxylic acids is 1. The van der Waals surface area contributed by atoms with Crippen LogP contribution in [0.15, 0.2) is 6.07 Å². The molecule has 28 heavy (non-hydrogen) atoms. The third-order valence-electron chi connectivity index (χ3n) is 7.03. The lowest BCUT2D eigenvalue weighted by atomic mass is 9.76. The summed E-state index contributed by atoms with van der Waals surface area (Å²) < 4.78 is 1.95. The highest BCUT2D eigenvalue weighted by atomic mass is 16.2. The second-order valence-electron chi connectivity index (χ2n) is 9.15. The zero-order valence-electron chi connectivity index (χ0n) is 16.9. The van der Waals surface area contributed by atoms with Gasteiger partial charge in [-0.2, -0.15) is 10.2 Å². The first-order valence-corrected chi connectivity index (χ1v) is 10.8. The molecule has 1 atom stereocenters. The van der Waals surface area contributed by atoms with Crippen molar-refractivity contribution >= 4 is 5.91 Å². The number of rotatable bonds is 5. The van der Waals surface area contributed by atoms with Crippen LogP contribution < -0.4 is 0 Å². The summed E-state index contributed by atoms with van der Waals surface area (Å²) in [7, 11) is 0. The lowest BCUT2D eigenvalue weighted by molar-refractivity contribution is -0.130. The highest BCUT2D eigenvalue weighted by Gasteiger charge is 2.51. The Morgan fingerprint density at radius 2 is 2.07 bits per heavy atom. The summed E-state index contributed by atoms with van der Waals surface area (Å²) >= 11 is 0. The van der Waals surface area contributed by atoms with Gasteiger partial charge in [-0.1, -0.05) is 12.8 Å². The summed E-state index contributed by atoms with van der Waals surface area (Å²) in [5.74, 6) is 3.09. The fraction of sp³-hybridized carbons (Fsp3) is 0.714. The van der Waals surface area contributed by atoms with Crippen molar-refractivity contribution in [3.05, 3.63) is 29.1 Å². The molecular weight excluding hydrogens is 352 g/mol. The zero-order chi connectivity index (χ0) is 19.3. The van der Waals surface area contributed by atoms with E-state index in [-0.39, 0.29) is 11.3 Å². The van der Waals surface area contributed by atoms with E-state index in [0.717, 1.165) is 36.1 Å². The van der Waals surface area contributed by atoms with Gasteiger partial charge < -0.3 is 4.90 Å². The van der Waals surface area contributed by atoms with Crippen molar-refractivity contribution in [2.75, 3.05) is 13.1 Å². The van der Waals surface area contributed by atoms with Crippen LogP contribution in [0.25, 0.3) is 0 Å². The first-order chi connectivity index (χ1) is 13.5. The van der Waals surface area contributed by atoms with Gasteiger partial charge in [0.05, 0.1) is 5.69 Å². The van der Waals surface area contributed by atoms with Crippen molar-refractivity contribution in [1.29, 1.82) is 0 Å². The Balaban J connectivity index is 1.30. The molecule has 2 saturated carbocycles. The molecule has 2 aromatic rings. The summed E-state index contributed by atoms with van der Waals surface area (Å²) in [5, 5.41) is 12.2. The standard InChI is InChI=1S/C21H30N6O/c1-14-11-15(2)27(25-14)10-7-18(28)26-12-17(21(13-26)8-3-4-9-21)20-22-19(23-24-20)16-5-6-16/h11,16-17H,3-10,12-13H2,1-2H3,(H,22,23,24). The number of hydrogen-bond acceptors (Lipinski definition) is 4. The molecule has 2 aromatic heterocycles. The number of carbonyl (C=O) groups is 1. The molecule has 5 rings (SSSR count). The van der Waals surface area contributed by atoms with E-state index in [1.165, 1.54) is 38.5 Å². The molecule has 7 heteroatoms. The van der Waals surface area contributed by atoms with E-state index in [1.807, 2.05) is 18.5 Å². The normalized spacial score (nSPS) is 23.8. The van der Waals surface area contributed by atoms with Crippen molar-refractivity contribution in [3.8, 4) is 0 Å². The molecule has 7 nitrogen and oxygen atoms in total. The van der Waals surface area contributed by atoms with Gasteiger partial charge in [0.15, 0.2) is 5.82 Å². The van der Waals surface area contributed by atoms with Crippen LogP contribution in [-0.2, 0) is 11.3 Å². The van der Waals surface area contributed by atoms with Gasteiger partial charge in [0.25, 0.3) is 0 Å². The molecule has 1 saturated heterocycles. The van der Waals surface area contributed by atoms with Crippen molar-refractivity contribution in [1.82, 2.24) is 29.9 Å². The van der Waals surface area contributed by atoms with E-state index in [1.54, 1.807) is 0 Å². The van der Waals surface area contributed by atoms with E-state index in [4.69, 9.17) is 4.98 Å². The van der Waals surface area contributed by atoms with Gasteiger partial charge in [-0.15, -0.1) is 0 Å². The number of aromatic amines is 1. The Morgan fingerprint density at radius 3 is 2.75 bits per heavy atom. The molecule has 3 aliphatic rings. The molecule has 1 unspecified atom stereocenters. The van der Waals surface area contributed by atoms with Crippen molar-refractivity contribution < 1.29 is 4.79 Å². The van der Waals surface area contributed by atoms with Crippen LogP contribution in [0.4, 0.5) is 0 Å². The van der Waals surface area contributed by atoms with Gasteiger partial charge in [-0.3, -0.25) is 14.6 Å². The molecule has 1 amide bonds. The Labute approximate surface area is 165 Å². The first-order valence-electron chi connectivity index (χ1n) is 10.8. The van der Waals surface area contributed by atoms with Gasteiger partial charge in [0.2, 0.25) is 5.91 Å². The molecule has 3 heterocycles. The minimum Gasteiger partial charge on any atom is -0.341 e. The maximum Gasteiger partial charge on any atom is 0.224 e. The van der Waals surface area contributed by atoms with Gasteiger partial charge in [0, 0.05) is 43.6 Å². The van der Waals surface area contributed by atoms with E-state index in [9.17, 15) is 4.79 Å². The first kappa shape index (κ1) is 17.9. The number of nitrogens with one attached hydrogen (secondary N) is 1. The van der Waals surface area contributed by atoms with Crippen molar-refractivity contribution in [2.24, 2.45) is 5.41 Å². The largest absolute Gasteiger partial charge is 0.341 e. The molecular formula is C21H30N6O. The highest BCUT2D eigenvalue weighted by Crippen LogP contribution is 2.53. The second kappa shape index (κ2) is 6.71. The van der Waals surface area contributed by atoms with Crippen LogP contribution in [0.5, 0.6) is 0 Å². The summed E-state index contributed by atoms with van der Waals surface area (Å²) in [4.78, 5) is 20.0. The van der Waals surface area contributed by atoms with E-state index < -0.39 is 0 Å². The third kappa shape index (κ3) is 3.14. The zero-order valence-corrected chi connectivity index (χ0v) is 16.9. The fourth-order valence-electron chi connectivity index (χ4n) is 5.35. The lowest BCUT2D eigenvalue weighted by Crippen LogP contribution is -2.32. The molecule has 3 fully saturated rings. The number of aryl methyl sites for hydroxylation is 3. The number of likely N-dealkylation sites (tertiary alicyclic amines) is 1. The number of H-pyrrole nitrogens is 1. The number of amides is 1.